The van der Waals surface area contributed by atoms with E-state index in [-0.39, 0.29) is 22.7 Å². The highest BCUT2D eigenvalue weighted by molar-refractivity contribution is 7.91. The van der Waals surface area contributed by atoms with Crippen molar-refractivity contribution in [2.45, 2.75) is 38.9 Å². The van der Waals surface area contributed by atoms with Crippen LogP contribution in [0.5, 0.6) is 0 Å². The molecule has 1 aromatic carbocycles. The molecule has 29 heavy (non-hydrogen) atoms. The van der Waals surface area contributed by atoms with Crippen molar-refractivity contribution >= 4 is 32.0 Å². The second-order valence-electron chi connectivity index (χ2n) is 9.17. The van der Waals surface area contributed by atoms with Gasteiger partial charge in [-0.3, -0.25) is 0 Å². The molecule has 0 atom stereocenters. The van der Waals surface area contributed by atoms with Crippen LogP contribution in [-0.4, -0.2) is 62.3 Å². The average Bonchev–Trinajstić information content (AvgIpc) is 3.09. The van der Waals surface area contributed by atoms with E-state index in [1.165, 1.54) is 0 Å². The minimum absolute atomic E-state index is 0.211. The molecule has 4 rings (SSSR count). The summed E-state index contributed by atoms with van der Waals surface area (Å²) in [5.41, 5.74) is 1.79. The second kappa shape index (κ2) is 7.25. The summed E-state index contributed by atoms with van der Waals surface area (Å²) in [5, 5.41) is 1.02. The largest absolute Gasteiger partial charge is 0.369 e. The van der Waals surface area contributed by atoms with Crippen molar-refractivity contribution in [1.29, 1.82) is 0 Å². The Morgan fingerprint density at radius 2 is 1.55 bits per heavy atom. The van der Waals surface area contributed by atoms with Crippen molar-refractivity contribution in [2.75, 3.05) is 47.5 Å². The quantitative estimate of drug-likeness (QED) is 0.736. The van der Waals surface area contributed by atoms with Gasteiger partial charge >= 0.3 is 0 Å². The molecular weight excluding hydrogens is 406 g/mol. The van der Waals surface area contributed by atoms with Crippen LogP contribution in [0.15, 0.2) is 30.5 Å². The highest BCUT2D eigenvalue weighted by Gasteiger charge is 2.39. The van der Waals surface area contributed by atoms with E-state index < -0.39 is 9.84 Å². The molecular formula is C21H29N3O3S2. The van der Waals surface area contributed by atoms with Gasteiger partial charge in [-0.05, 0) is 45.4 Å². The Balaban J connectivity index is 1.48. The minimum atomic E-state index is -2.86. The zero-order valence-electron chi connectivity index (χ0n) is 17.5. The number of morpholine rings is 1. The zero-order chi connectivity index (χ0) is 20.9. The average molecular weight is 436 g/mol. The van der Waals surface area contributed by atoms with Crippen molar-refractivity contribution in [3.8, 4) is 10.4 Å². The van der Waals surface area contributed by atoms with Gasteiger partial charge in [0.1, 0.15) is 0 Å². The van der Waals surface area contributed by atoms with Gasteiger partial charge in [-0.2, -0.15) is 0 Å². The Labute approximate surface area is 177 Å². The van der Waals surface area contributed by atoms with Gasteiger partial charge in [0.05, 0.1) is 27.6 Å². The lowest BCUT2D eigenvalue weighted by atomic mass is 9.99. The first-order valence-electron chi connectivity index (χ1n) is 9.99. The number of sulfone groups is 1. The van der Waals surface area contributed by atoms with Crippen LogP contribution in [0.2, 0.25) is 0 Å². The van der Waals surface area contributed by atoms with Crippen LogP contribution in [0.4, 0.5) is 10.8 Å². The summed E-state index contributed by atoms with van der Waals surface area (Å²) in [4.78, 5) is 10.3. The van der Waals surface area contributed by atoms with Crippen LogP contribution >= 0.6 is 11.3 Å². The number of ether oxygens (including phenoxy) is 1. The third-order valence-electron chi connectivity index (χ3n) is 5.32. The molecule has 2 aliphatic rings. The van der Waals surface area contributed by atoms with Crippen LogP contribution in [0.1, 0.15) is 27.7 Å². The molecule has 3 heterocycles. The lowest BCUT2D eigenvalue weighted by Gasteiger charge is -2.47. The molecule has 0 radical (unpaired) electrons. The summed E-state index contributed by atoms with van der Waals surface area (Å²) < 4.78 is 29.5. The highest BCUT2D eigenvalue weighted by Crippen LogP contribution is 2.36. The van der Waals surface area contributed by atoms with E-state index >= 15 is 0 Å². The fourth-order valence-corrected chi connectivity index (χ4v) is 6.40. The molecule has 0 amide bonds. The Bertz CT molecular complexity index is 951. The summed E-state index contributed by atoms with van der Waals surface area (Å²) in [5.74, 6) is 0.471. The number of aromatic nitrogens is 1. The third kappa shape index (κ3) is 4.75. The SMILES string of the molecule is CC1(C)CN(c2ncc(-c3ccc(N4CCS(=O)(=O)CC4)cc3)s2)CC(C)(C)O1. The van der Waals surface area contributed by atoms with Crippen molar-refractivity contribution in [1.82, 2.24) is 4.98 Å². The Kier molecular flexibility index (Phi) is 5.16. The van der Waals surface area contributed by atoms with E-state index in [2.05, 4.69) is 66.7 Å². The number of anilines is 2. The molecule has 6 nitrogen and oxygen atoms in total. The standard InChI is InChI=1S/C21H29N3O3S2/c1-20(2)14-24(15-21(3,4)27-20)19-22-13-18(28-19)16-5-7-17(8-6-16)23-9-11-29(25,26)12-10-23/h5-8,13H,9-12,14-15H2,1-4H3. The lowest BCUT2D eigenvalue weighted by molar-refractivity contribution is -0.133. The molecule has 2 saturated heterocycles. The van der Waals surface area contributed by atoms with Gasteiger partial charge < -0.3 is 14.5 Å². The van der Waals surface area contributed by atoms with E-state index in [4.69, 9.17) is 4.74 Å². The monoisotopic (exact) mass is 435 g/mol. The van der Waals surface area contributed by atoms with Gasteiger partial charge in [0.15, 0.2) is 15.0 Å². The Morgan fingerprint density at radius 1 is 0.966 bits per heavy atom. The maximum atomic E-state index is 11.6. The first-order chi connectivity index (χ1) is 13.5. The van der Waals surface area contributed by atoms with E-state index in [1.807, 2.05) is 6.20 Å². The van der Waals surface area contributed by atoms with Crippen molar-refractivity contribution in [3.63, 3.8) is 0 Å². The first-order valence-corrected chi connectivity index (χ1v) is 12.6. The predicted molar refractivity (Wildman–Crippen MR) is 120 cm³/mol. The van der Waals surface area contributed by atoms with Crippen LogP contribution in [0, 0.1) is 0 Å². The number of rotatable bonds is 3. The van der Waals surface area contributed by atoms with Gasteiger partial charge in [0, 0.05) is 38.1 Å². The second-order valence-corrected chi connectivity index (χ2v) is 12.5. The van der Waals surface area contributed by atoms with Gasteiger partial charge in [-0.15, -0.1) is 0 Å². The smallest absolute Gasteiger partial charge is 0.186 e. The molecule has 158 valence electrons. The van der Waals surface area contributed by atoms with Crippen molar-refractivity contribution in [3.05, 3.63) is 30.5 Å². The van der Waals surface area contributed by atoms with E-state index in [9.17, 15) is 8.42 Å². The molecule has 0 spiro atoms. The van der Waals surface area contributed by atoms with Gasteiger partial charge in [-0.1, -0.05) is 23.5 Å². The normalized spacial score (nSPS) is 23.2. The fourth-order valence-electron chi connectivity index (χ4n) is 4.27. The molecule has 0 bridgehead atoms. The van der Waals surface area contributed by atoms with Gasteiger partial charge in [0.2, 0.25) is 0 Å². The van der Waals surface area contributed by atoms with E-state index in [0.29, 0.717) is 13.1 Å². The molecule has 2 aromatic rings. The highest BCUT2D eigenvalue weighted by atomic mass is 32.2. The van der Waals surface area contributed by atoms with Crippen LogP contribution < -0.4 is 9.80 Å². The molecule has 0 saturated carbocycles. The summed E-state index contributed by atoms with van der Waals surface area (Å²) in [7, 11) is -2.86. The van der Waals surface area contributed by atoms with Crippen molar-refractivity contribution < 1.29 is 13.2 Å². The van der Waals surface area contributed by atoms with E-state index in [1.54, 1.807) is 11.3 Å². The molecule has 1 aromatic heterocycles. The van der Waals surface area contributed by atoms with E-state index in [0.717, 1.165) is 34.3 Å². The first kappa shape index (κ1) is 20.6. The lowest BCUT2D eigenvalue weighted by Crippen LogP contribution is -2.57. The molecule has 2 fully saturated rings. The van der Waals surface area contributed by atoms with Gasteiger partial charge in [-0.25, -0.2) is 13.4 Å². The molecule has 8 heteroatoms. The number of hydrogen-bond donors (Lipinski definition) is 0. The Morgan fingerprint density at radius 3 is 2.14 bits per heavy atom. The summed E-state index contributed by atoms with van der Waals surface area (Å²) in [6.45, 7) is 11.3. The van der Waals surface area contributed by atoms with Crippen LogP contribution in [-0.2, 0) is 14.6 Å². The number of hydrogen-bond acceptors (Lipinski definition) is 7. The van der Waals surface area contributed by atoms with Gasteiger partial charge in [0.25, 0.3) is 0 Å². The predicted octanol–water partition coefficient (Wildman–Crippen LogP) is 3.44. The Hall–Kier alpha value is -1.64. The maximum absolute atomic E-state index is 11.6. The maximum Gasteiger partial charge on any atom is 0.186 e. The number of nitrogens with zero attached hydrogens (tertiary/aromatic N) is 3. The third-order valence-corrected chi connectivity index (χ3v) is 8.04. The summed E-state index contributed by atoms with van der Waals surface area (Å²) >= 11 is 1.70. The number of benzene rings is 1. The van der Waals surface area contributed by atoms with Crippen molar-refractivity contribution in [2.24, 2.45) is 0 Å². The van der Waals surface area contributed by atoms with Crippen LogP contribution in [0.3, 0.4) is 0 Å². The number of thiazole rings is 1. The molecule has 2 aliphatic heterocycles. The molecule has 0 aliphatic carbocycles. The summed E-state index contributed by atoms with van der Waals surface area (Å²) in [6.07, 6.45) is 1.94. The molecule has 0 N–H and O–H groups in total. The molecule has 0 unspecified atom stereocenters. The zero-order valence-corrected chi connectivity index (χ0v) is 19.1. The fraction of sp³-hybridized carbons (Fsp3) is 0.571. The minimum Gasteiger partial charge on any atom is -0.369 e. The van der Waals surface area contributed by atoms with Crippen LogP contribution in [0.25, 0.3) is 10.4 Å². The summed E-state index contributed by atoms with van der Waals surface area (Å²) in [6, 6.07) is 8.35. The topological polar surface area (TPSA) is 62.7 Å².